The van der Waals surface area contributed by atoms with E-state index in [2.05, 4.69) is 10.6 Å². The van der Waals surface area contributed by atoms with Crippen molar-refractivity contribution in [2.75, 3.05) is 11.9 Å². The summed E-state index contributed by atoms with van der Waals surface area (Å²) in [4.78, 5) is 23.5. The minimum atomic E-state index is -0.996. The average Bonchev–Trinajstić information content (AvgIpc) is 2.99. The van der Waals surface area contributed by atoms with Crippen molar-refractivity contribution in [1.29, 1.82) is 0 Å². The lowest BCUT2D eigenvalue weighted by Crippen LogP contribution is -2.37. The molecule has 0 radical (unpaired) electrons. The van der Waals surface area contributed by atoms with Crippen molar-refractivity contribution in [3.8, 4) is 0 Å². The highest BCUT2D eigenvalue weighted by molar-refractivity contribution is 6.39. The molecule has 1 heterocycles. The van der Waals surface area contributed by atoms with Crippen molar-refractivity contribution >= 4 is 17.5 Å². The molecule has 0 aliphatic heterocycles. The van der Waals surface area contributed by atoms with Crippen molar-refractivity contribution in [3.63, 3.8) is 0 Å². The van der Waals surface area contributed by atoms with Crippen molar-refractivity contribution in [1.82, 2.24) is 5.32 Å². The molecule has 6 heteroatoms. The molecule has 0 fully saturated rings. The van der Waals surface area contributed by atoms with Crippen LogP contribution in [0.5, 0.6) is 0 Å². The van der Waals surface area contributed by atoms with Gasteiger partial charge in [-0.15, -0.1) is 0 Å². The standard InChI is InChI=1S/C17H20N2O4/c1-3-12-5-7-13(8-6-12)19-17(22)16(21)18-10-14(20)15-9-4-11(2)23-15/h4-9,14,20H,3,10H2,1-2H3,(H,18,21)(H,19,22). The number of benzene rings is 1. The molecular formula is C17H20N2O4. The smallest absolute Gasteiger partial charge is 0.313 e. The van der Waals surface area contributed by atoms with Gasteiger partial charge in [-0.1, -0.05) is 19.1 Å². The number of hydrogen-bond donors (Lipinski definition) is 3. The molecule has 2 aromatic rings. The van der Waals surface area contributed by atoms with Crippen LogP contribution in [-0.4, -0.2) is 23.5 Å². The predicted octanol–water partition coefficient (Wildman–Crippen LogP) is 1.94. The molecule has 23 heavy (non-hydrogen) atoms. The monoisotopic (exact) mass is 316 g/mol. The van der Waals surface area contributed by atoms with Crippen LogP contribution in [0.15, 0.2) is 40.8 Å². The largest absolute Gasteiger partial charge is 0.464 e. The first kappa shape index (κ1) is 16.8. The number of aliphatic hydroxyl groups is 1. The van der Waals surface area contributed by atoms with E-state index in [-0.39, 0.29) is 6.54 Å². The highest BCUT2D eigenvalue weighted by Crippen LogP contribution is 2.15. The Morgan fingerprint density at radius 3 is 2.39 bits per heavy atom. The molecule has 0 aliphatic rings. The SMILES string of the molecule is CCc1ccc(NC(=O)C(=O)NCC(O)c2ccc(C)o2)cc1. The third-order valence-electron chi connectivity index (χ3n) is 3.37. The van der Waals surface area contributed by atoms with Crippen LogP contribution in [0.4, 0.5) is 5.69 Å². The Labute approximate surface area is 134 Å². The van der Waals surface area contributed by atoms with E-state index in [4.69, 9.17) is 4.42 Å². The lowest BCUT2D eigenvalue weighted by atomic mass is 10.1. The molecule has 2 amide bonds. The Morgan fingerprint density at radius 2 is 1.83 bits per heavy atom. The van der Waals surface area contributed by atoms with Gasteiger partial charge >= 0.3 is 11.8 Å². The van der Waals surface area contributed by atoms with Gasteiger partial charge in [-0.2, -0.15) is 0 Å². The second kappa shape index (κ2) is 7.60. The molecule has 0 aliphatic carbocycles. The Balaban J connectivity index is 1.83. The van der Waals surface area contributed by atoms with Crippen molar-refractivity contribution in [2.24, 2.45) is 0 Å². The fourth-order valence-corrected chi connectivity index (χ4v) is 2.01. The Bertz CT molecular complexity index is 676. The minimum Gasteiger partial charge on any atom is -0.464 e. The average molecular weight is 316 g/mol. The highest BCUT2D eigenvalue weighted by atomic mass is 16.4. The number of nitrogens with one attached hydrogen (secondary N) is 2. The maximum absolute atomic E-state index is 11.8. The zero-order chi connectivity index (χ0) is 16.8. The normalized spacial score (nSPS) is 11.8. The van der Waals surface area contributed by atoms with Gasteiger partial charge in [-0.3, -0.25) is 9.59 Å². The van der Waals surface area contributed by atoms with Crippen LogP contribution >= 0.6 is 0 Å². The van der Waals surface area contributed by atoms with E-state index in [1.807, 2.05) is 19.1 Å². The van der Waals surface area contributed by atoms with Gasteiger partial charge in [-0.25, -0.2) is 0 Å². The molecule has 1 aromatic carbocycles. The van der Waals surface area contributed by atoms with E-state index in [1.165, 1.54) is 0 Å². The fourth-order valence-electron chi connectivity index (χ4n) is 2.01. The Hall–Kier alpha value is -2.60. The number of carbonyl (C=O) groups excluding carboxylic acids is 2. The molecular weight excluding hydrogens is 296 g/mol. The Kier molecular flexibility index (Phi) is 5.54. The summed E-state index contributed by atoms with van der Waals surface area (Å²) in [7, 11) is 0. The zero-order valence-electron chi connectivity index (χ0n) is 13.1. The lowest BCUT2D eigenvalue weighted by Gasteiger charge is -2.10. The summed E-state index contributed by atoms with van der Waals surface area (Å²) in [5, 5.41) is 14.7. The fraction of sp³-hybridized carbons (Fsp3) is 0.294. The molecule has 1 unspecified atom stereocenters. The summed E-state index contributed by atoms with van der Waals surface area (Å²) in [6.07, 6.45) is -0.0944. The maximum atomic E-state index is 11.8. The predicted molar refractivity (Wildman–Crippen MR) is 85.9 cm³/mol. The summed E-state index contributed by atoms with van der Waals surface area (Å²) in [5.41, 5.74) is 1.69. The number of aliphatic hydroxyl groups excluding tert-OH is 1. The number of anilines is 1. The molecule has 0 saturated heterocycles. The highest BCUT2D eigenvalue weighted by Gasteiger charge is 2.17. The number of rotatable bonds is 5. The van der Waals surface area contributed by atoms with E-state index in [0.717, 1.165) is 12.0 Å². The van der Waals surface area contributed by atoms with E-state index < -0.39 is 17.9 Å². The molecule has 2 rings (SSSR count). The summed E-state index contributed by atoms with van der Waals surface area (Å²) >= 11 is 0. The van der Waals surface area contributed by atoms with Gasteiger partial charge in [0.1, 0.15) is 17.6 Å². The van der Waals surface area contributed by atoms with Gasteiger partial charge in [0.25, 0.3) is 0 Å². The van der Waals surface area contributed by atoms with Crippen LogP contribution < -0.4 is 10.6 Å². The van der Waals surface area contributed by atoms with Crippen LogP contribution in [0.2, 0.25) is 0 Å². The van der Waals surface area contributed by atoms with Crippen LogP contribution in [-0.2, 0) is 16.0 Å². The van der Waals surface area contributed by atoms with Crippen LogP contribution in [0, 0.1) is 6.92 Å². The van der Waals surface area contributed by atoms with Crippen molar-refractivity contribution in [3.05, 3.63) is 53.5 Å². The van der Waals surface area contributed by atoms with Gasteiger partial charge in [0, 0.05) is 5.69 Å². The van der Waals surface area contributed by atoms with Gasteiger partial charge in [0.15, 0.2) is 0 Å². The third kappa shape index (κ3) is 4.69. The molecule has 1 aromatic heterocycles. The van der Waals surface area contributed by atoms with E-state index >= 15 is 0 Å². The Morgan fingerprint density at radius 1 is 1.13 bits per heavy atom. The first-order valence-corrected chi connectivity index (χ1v) is 7.42. The lowest BCUT2D eigenvalue weighted by molar-refractivity contribution is -0.136. The summed E-state index contributed by atoms with van der Waals surface area (Å²) in [6.45, 7) is 3.69. The molecule has 6 nitrogen and oxygen atoms in total. The summed E-state index contributed by atoms with van der Waals surface area (Å²) in [5.74, 6) is -0.582. The first-order chi connectivity index (χ1) is 11.0. The van der Waals surface area contributed by atoms with Crippen molar-refractivity contribution < 1.29 is 19.1 Å². The topological polar surface area (TPSA) is 91.6 Å². The first-order valence-electron chi connectivity index (χ1n) is 7.42. The van der Waals surface area contributed by atoms with E-state index in [9.17, 15) is 14.7 Å². The van der Waals surface area contributed by atoms with Crippen LogP contribution in [0.3, 0.4) is 0 Å². The number of amides is 2. The van der Waals surface area contributed by atoms with Crippen LogP contribution in [0.25, 0.3) is 0 Å². The molecule has 0 spiro atoms. The number of aryl methyl sites for hydroxylation is 2. The zero-order valence-corrected chi connectivity index (χ0v) is 13.1. The summed E-state index contributed by atoms with van der Waals surface area (Å²) < 4.78 is 5.25. The number of carbonyl (C=O) groups is 2. The minimum absolute atomic E-state index is 0.103. The number of hydrogen-bond acceptors (Lipinski definition) is 4. The van der Waals surface area contributed by atoms with E-state index in [1.54, 1.807) is 31.2 Å². The molecule has 0 saturated carbocycles. The molecule has 1 atom stereocenters. The van der Waals surface area contributed by atoms with Crippen molar-refractivity contribution in [2.45, 2.75) is 26.4 Å². The summed E-state index contributed by atoms with van der Waals surface area (Å²) in [6, 6.07) is 10.6. The quantitative estimate of drug-likeness (QED) is 0.735. The third-order valence-corrected chi connectivity index (χ3v) is 3.37. The van der Waals surface area contributed by atoms with Gasteiger partial charge in [-0.05, 0) is 43.2 Å². The molecule has 122 valence electrons. The van der Waals surface area contributed by atoms with Gasteiger partial charge in [0.2, 0.25) is 0 Å². The molecule has 3 N–H and O–H groups in total. The molecule has 0 bridgehead atoms. The maximum Gasteiger partial charge on any atom is 0.313 e. The number of furan rings is 1. The second-order valence-corrected chi connectivity index (χ2v) is 5.18. The second-order valence-electron chi connectivity index (χ2n) is 5.18. The van der Waals surface area contributed by atoms with Crippen LogP contribution in [0.1, 0.15) is 30.1 Å². The van der Waals surface area contributed by atoms with Gasteiger partial charge < -0.3 is 20.2 Å². The van der Waals surface area contributed by atoms with Gasteiger partial charge in [0.05, 0.1) is 6.54 Å². The van der Waals surface area contributed by atoms with E-state index in [0.29, 0.717) is 17.2 Å².